The average molecular weight is 591 g/mol. The van der Waals surface area contributed by atoms with Crippen LogP contribution in [0, 0.1) is 0 Å². The molecule has 0 atom stereocenters. The Labute approximate surface area is 264 Å². The molecule has 5 aromatic carbocycles. The van der Waals surface area contributed by atoms with Crippen molar-refractivity contribution in [3.05, 3.63) is 158 Å². The average Bonchev–Trinajstić information content (AvgIpc) is 3.71. The summed E-state index contributed by atoms with van der Waals surface area (Å²) in [6, 6.07) is 49.8. The summed E-state index contributed by atoms with van der Waals surface area (Å²) in [4.78, 5) is 20.3. The van der Waals surface area contributed by atoms with E-state index < -0.39 is 0 Å². The predicted octanol–water partition coefficient (Wildman–Crippen LogP) is 9.28. The molecule has 216 valence electrons. The Morgan fingerprint density at radius 3 is 1.93 bits per heavy atom. The van der Waals surface area contributed by atoms with Gasteiger partial charge in [0.25, 0.3) is 0 Å². The zero-order valence-electron chi connectivity index (χ0n) is 24.7. The molecule has 0 amide bonds. The molecule has 0 radical (unpaired) electrons. The number of hydrogen-bond donors (Lipinski definition) is 0. The first kappa shape index (κ1) is 26.0. The number of rotatable bonds is 5. The first-order chi connectivity index (χ1) is 22.8. The Bertz CT molecular complexity index is 2500. The van der Waals surface area contributed by atoms with Crippen LogP contribution >= 0.6 is 0 Å². The van der Waals surface area contributed by atoms with E-state index in [9.17, 15) is 0 Å². The van der Waals surface area contributed by atoms with Gasteiger partial charge in [-0.2, -0.15) is 9.97 Å². The van der Waals surface area contributed by atoms with E-state index in [0.29, 0.717) is 17.6 Å². The highest BCUT2D eigenvalue weighted by Gasteiger charge is 2.20. The number of hydrogen-bond acceptors (Lipinski definition) is 4. The van der Waals surface area contributed by atoms with E-state index in [2.05, 4.69) is 95.7 Å². The van der Waals surface area contributed by atoms with E-state index in [4.69, 9.17) is 19.9 Å². The zero-order chi connectivity index (χ0) is 30.5. The van der Waals surface area contributed by atoms with Crippen molar-refractivity contribution in [2.45, 2.75) is 0 Å². The third-order valence-corrected chi connectivity index (χ3v) is 8.44. The fourth-order valence-electron chi connectivity index (χ4n) is 6.27. The Morgan fingerprint density at radius 2 is 1.11 bits per heavy atom. The lowest BCUT2D eigenvalue weighted by molar-refractivity contribution is 0.954. The van der Waals surface area contributed by atoms with Gasteiger partial charge in [0.1, 0.15) is 5.65 Å². The summed E-state index contributed by atoms with van der Waals surface area (Å²) in [5.41, 5.74) is 8.91. The van der Waals surface area contributed by atoms with E-state index >= 15 is 0 Å². The van der Waals surface area contributed by atoms with Crippen LogP contribution in [0.2, 0.25) is 0 Å². The second kappa shape index (κ2) is 10.6. The molecular weight excluding hydrogens is 564 g/mol. The molecule has 9 aromatic rings. The Hall–Kier alpha value is -6.40. The molecule has 4 aromatic heterocycles. The van der Waals surface area contributed by atoms with Crippen LogP contribution in [0.1, 0.15) is 0 Å². The summed E-state index contributed by atoms with van der Waals surface area (Å²) in [6.45, 7) is 0. The van der Waals surface area contributed by atoms with Crippen LogP contribution in [0.4, 0.5) is 0 Å². The third-order valence-electron chi connectivity index (χ3n) is 8.44. The molecule has 6 heteroatoms. The second-order valence-electron chi connectivity index (χ2n) is 11.2. The van der Waals surface area contributed by atoms with Gasteiger partial charge in [-0.3, -0.25) is 4.57 Å². The summed E-state index contributed by atoms with van der Waals surface area (Å²) in [5.74, 6) is 1.79. The van der Waals surface area contributed by atoms with Crippen molar-refractivity contribution in [1.82, 2.24) is 28.9 Å². The molecule has 0 aliphatic heterocycles. The number of benzene rings is 5. The van der Waals surface area contributed by atoms with Crippen LogP contribution in [-0.4, -0.2) is 28.9 Å². The molecule has 0 saturated heterocycles. The first-order valence-electron chi connectivity index (χ1n) is 15.2. The van der Waals surface area contributed by atoms with Gasteiger partial charge in [-0.05, 0) is 35.4 Å². The molecule has 0 aliphatic carbocycles. The molecule has 46 heavy (non-hydrogen) atoms. The maximum absolute atomic E-state index is 5.22. The number of imidazole rings is 1. The van der Waals surface area contributed by atoms with Gasteiger partial charge in [-0.1, -0.05) is 121 Å². The van der Waals surface area contributed by atoms with Crippen LogP contribution in [0.5, 0.6) is 0 Å². The summed E-state index contributed by atoms with van der Waals surface area (Å²) < 4.78 is 4.20. The quantitative estimate of drug-likeness (QED) is 0.200. The van der Waals surface area contributed by atoms with Crippen molar-refractivity contribution in [3.63, 3.8) is 0 Å². The Kier molecular flexibility index (Phi) is 6.03. The second-order valence-corrected chi connectivity index (χ2v) is 11.2. The number of para-hydroxylation sites is 1. The highest BCUT2D eigenvalue weighted by atomic mass is 15.2. The monoisotopic (exact) mass is 590 g/mol. The molecule has 0 aliphatic rings. The molecule has 0 saturated carbocycles. The van der Waals surface area contributed by atoms with E-state index in [-0.39, 0.29) is 0 Å². The Morgan fingerprint density at radius 1 is 0.435 bits per heavy atom. The van der Waals surface area contributed by atoms with Crippen LogP contribution in [-0.2, 0) is 0 Å². The number of pyridine rings is 1. The van der Waals surface area contributed by atoms with Crippen molar-refractivity contribution < 1.29 is 0 Å². The molecule has 0 bridgehead atoms. The van der Waals surface area contributed by atoms with Gasteiger partial charge in [0.2, 0.25) is 5.95 Å². The van der Waals surface area contributed by atoms with Crippen LogP contribution in [0.3, 0.4) is 0 Å². The topological polar surface area (TPSA) is 60.9 Å². The Balaban J connectivity index is 1.32. The third kappa shape index (κ3) is 4.35. The fourth-order valence-corrected chi connectivity index (χ4v) is 6.27. The fraction of sp³-hybridized carbons (Fsp3) is 0. The predicted molar refractivity (Wildman–Crippen MR) is 185 cm³/mol. The normalized spacial score (nSPS) is 11.5. The molecule has 0 spiro atoms. The summed E-state index contributed by atoms with van der Waals surface area (Å²) >= 11 is 0. The van der Waals surface area contributed by atoms with Crippen LogP contribution in [0.25, 0.3) is 78.6 Å². The summed E-state index contributed by atoms with van der Waals surface area (Å²) in [6.07, 6.45) is 4.09. The zero-order valence-corrected chi connectivity index (χ0v) is 24.7. The first-order valence-corrected chi connectivity index (χ1v) is 15.2. The number of fused-ring (bicyclic) bond motifs is 4. The van der Waals surface area contributed by atoms with E-state index in [1.807, 2.05) is 71.3 Å². The van der Waals surface area contributed by atoms with Gasteiger partial charge in [-0.25, -0.2) is 9.97 Å². The maximum atomic E-state index is 5.22. The minimum absolute atomic E-state index is 0.560. The minimum atomic E-state index is 0.560. The molecule has 6 nitrogen and oxygen atoms in total. The van der Waals surface area contributed by atoms with Gasteiger partial charge in [-0.15, -0.1) is 0 Å². The lowest BCUT2D eigenvalue weighted by Gasteiger charge is -2.13. The largest absolute Gasteiger partial charge is 0.306 e. The van der Waals surface area contributed by atoms with Crippen molar-refractivity contribution >= 4 is 27.5 Å². The SMILES string of the molecule is c1ccc(-c2nc(-c3ccccc3-c3ccccc3)nc(-n3c4ccccc4c4ccc(-c5cn6ccccc6n5)cc43)n2)cc1. The standard InChI is InChI=1S/C40H26N6/c1-3-13-27(14-4-1)30-17-7-8-19-33(30)39-42-38(28-15-5-2-6-16-28)43-40(44-39)46-35-20-10-9-18-31(35)32-23-22-29(25-36(32)46)34-26-45-24-12-11-21-37(45)41-34/h1-26H. The number of nitrogens with zero attached hydrogens (tertiary/aromatic N) is 6. The molecular formula is C40H26N6. The van der Waals surface area contributed by atoms with Gasteiger partial charge in [0, 0.05) is 39.9 Å². The lowest BCUT2D eigenvalue weighted by Crippen LogP contribution is -2.07. The van der Waals surface area contributed by atoms with E-state index in [0.717, 1.165) is 61.0 Å². The summed E-state index contributed by atoms with van der Waals surface area (Å²) in [5, 5.41) is 2.25. The van der Waals surface area contributed by atoms with Gasteiger partial charge < -0.3 is 4.40 Å². The van der Waals surface area contributed by atoms with Crippen molar-refractivity contribution in [2.75, 3.05) is 0 Å². The maximum Gasteiger partial charge on any atom is 0.238 e. The van der Waals surface area contributed by atoms with Crippen LogP contribution < -0.4 is 0 Å². The highest BCUT2D eigenvalue weighted by molar-refractivity contribution is 6.10. The molecule has 0 fully saturated rings. The molecule has 0 N–H and O–H groups in total. The molecule has 4 heterocycles. The van der Waals surface area contributed by atoms with Gasteiger partial charge >= 0.3 is 0 Å². The van der Waals surface area contributed by atoms with E-state index in [1.165, 1.54) is 0 Å². The lowest BCUT2D eigenvalue weighted by atomic mass is 9.99. The van der Waals surface area contributed by atoms with Crippen molar-refractivity contribution in [2.24, 2.45) is 0 Å². The van der Waals surface area contributed by atoms with Gasteiger partial charge in [0.05, 0.1) is 16.7 Å². The minimum Gasteiger partial charge on any atom is -0.306 e. The summed E-state index contributed by atoms with van der Waals surface area (Å²) in [7, 11) is 0. The van der Waals surface area contributed by atoms with Crippen LogP contribution in [0.15, 0.2) is 158 Å². The van der Waals surface area contributed by atoms with Crippen molar-refractivity contribution in [1.29, 1.82) is 0 Å². The highest BCUT2D eigenvalue weighted by Crippen LogP contribution is 2.36. The molecule has 0 unspecified atom stereocenters. The van der Waals surface area contributed by atoms with E-state index in [1.54, 1.807) is 0 Å². The van der Waals surface area contributed by atoms with Crippen molar-refractivity contribution in [3.8, 4) is 51.1 Å². The number of aromatic nitrogens is 6. The molecule has 9 rings (SSSR count). The van der Waals surface area contributed by atoms with Gasteiger partial charge in [0.15, 0.2) is 11.6 Å². The smallest absolute Gasteiger partial charge is 0.238 e.